The van der Waals surface area contributed by atoms with Crippen molar-refractivity contribution in [2.24, 2.45) is 0 Å². The molecule has 5 nitrogen and oxygen atoms in total. The standard InChI is InChI=1S/C13H17N3O2/c1-10-6-7-16(15-10)13-5-3-2-4-12(13)14-8-11(18)9-17/h2-7,11,14,17-18H,8-9H2,1H3. The summed E-state index contributed by atoms with van der Waals surface area (Å²) in [5.74, 6) is 0. The summed E-state index contributed by atoms with van der Waals surface area (Å²) in [5.41, 5.74) is 2.73. The molecule has 0 bridgehead atoms. The van der Waals surface area contributed by atoms with Gasteiger partial charge in [-0.05, 0) is 25.1 Å². The van der Waals surface area contributed by atoms with Gasteiger partial charge in [0.1, 0.15) is 0 Å². The first kappa shape index (κ1) is 12.6. The largest absolute Gasteiger partial charge is 0.394 e. The number of benzene rings is 1. The van der Waals surface area contributed by atoms with Crippen molar-refractivity contribution in [2.75, 3.05) is 18.5 Å². The number of hydrogen-bond donors (Lipinski definition) is 3. The predicted octanol–water partition coefficient (Wildman–Crippen LogP) is 0.946. The van der Waals surface area contributed by atoms with Crippen LogP contribution in [0, 0.1) is 6.92 Å². The topological polar surface area (TPSA) is 70.3 Å². The lowest BCUT2D eigenvalue weighted by Gasteiger charge is -2.14. The summed E-state index contributed by atoms with van der Waals surface area (Å²) in [6.07, 6.45) is 1.12. The van der Waals surface area contributed by atoms with Crippen molar-refractivity contribution < 1.29 is 10.2 Å². The van der Waals surface area contributed by atoms with Gasteiger partial charge in [-0.25, -0.2) is 4.68 Å². The number of nitrogens with zero attached hydrogens (tertiary/aromatic N) is 2. The molecule has 1 aromatic heterocycles. The van der Waals surface area contributed by atoms with Crippen LogP contribution in [-0.2, 0) is 0 Å². The molecule has 0 fully saturated rings. The molecule has 0 saturated carbocycles. The van der Waals surface area contributed by atoms with Crippen molar-refractivity contribution in [3.05, 3.63) is 42.2 Å². The monoisotopic (exact) mass is 247 g/mol. The zero-order valence-electron chi connectivity index (χ0n) is 10.2. The Kier molecular flexibility index (Phi) is 3.96. The Balaban J connectivity index is 2.20. The Bertz CT molecular complexity index is 510. The van der Waals surface area contributed by atoms with Crippen LogP contribution in [0.1, 0.15) is 5.69 Å². The van der Waals surface area contributed by atoms with Gasteiger partial charge in [0.25, 0.3) is 0 Å². The highest BCUT2D eigenvalue weighted by Crippen LogP contribution is 2.19. The van der Waals surface area contributed by atoms with E-state index in [4.69, 9.17) is 5.11 Å². The summed E-state index contributed by atoms with van der Waals surface area (Å²) >= 11 is 0. The Morgan fingerprint density at radius 3 is 2.78 bits per heavy atom. The number of anilines is 1. The van der Waals surface area contributed by atoms with Gasteiger partial charge in [0.2, 0.25) is 0 Å². The molecule has 0 spiro atoms. The maximum Gasteiger partial charge on any atom is 0.0942 e. The van der Waals surface area contributed by atoms with Crippen LogP contribution in [0.2, 0.25) is 0 Å². The van der Waals surface area contributed by atoms with Gasteiger partial charge in [-0.1, -0.05) is 12.1 Å². The van der Waals surface area contributed by atoms with Crippen LogP contribution in [0.15, 0.2) is 36.5 Å². The molecule has 1 atom stereocenters. The Morgan fingerprint density at radius 1 is 1.33 bits per heavy atom. The third-order valence-corrected chi connectivity index (χ3v) is 2.61. The second-order valence-corrected chi connectivity index (χ2v) is 4.14. The molecule has 0 radical (unpaired) electrons. The number of aliphatic hydroxyl groups is 2. The molecule has 1 aromatic carbocycles. The highest BCUT2D eigenvalue weighted by molar-refractivity contribution is 5.60. The summed E-state index contributed by atoms with van der Waals surface area (Å²) in [4.78, 5) is 0. The first-order chi connectivity index (χ1) is 8.70. The van der Waals surface area contributed by atoms with Crippen molar-refractivity contribution in [2.45, 2.75) is 13.0 Å². The van der Waals surface area contributed by atoms with Gasteiger partial charge < -0.3 is 15.5 Å². The molecule has 3 N–H and O–H groups in total. The smallest absolute Gasteiger partial charge is 0.0942 e. The molecule has 0 aliphatic heterocycles. The molecule has 0 amide bonds. The summed E-state index contributed by atoms with van der Waals surface area (Å²) in [6.45, 7) is 1.98. The lowest BCUT2D eigenvalue weighted by Crippen LogP contribution is -2.23. The second kappa shape index (κ2) is 5.66. The highest BCUT2D eigenvalue weighted by Gasteiger charge is 2.07. The summed E-state index contributed by atoms with van der Waals surface area (Å²) in [5, 5.41) is 25.6. The lowest BCUT2D eigenvalue weighted by molar-refractivity contribution is 0.105. The van der Waals surface area contributed by atoms with Crippen molar-refractivity contribution in [3.8, 4) is 5.69 Å². The molecular weight excluding hydrogens is 230 g/mol. The van der Waals surface area contributed by atoms with Gasteiger partial charge in [-0.3, -0.25) is 0 Å². The molecule has 0 aliphatic rings. The first-order valence-electron chi connectivity index (χ1n) is 5.85. The number of nitrogens with one attached hydrogen (secondary N) is 1. The highest BCUT2D eigenvalue weighted by atomic mass is 16.3. The van der Waals surface area contributed by atoms with Crippen LogP contribution >= 0.6 is 0 Å². The lowest BCUT2D eigenvalue weighted by atomic mass is 10.2. The van der Waals surface area contributed by atoms with E-state index in [9.17, 15) is 5.11 Å². The van der Waals surface area contributed by atoms with Gasteiger partial charge in [0.05, 0.1) is 29.8 Å². The average molecular weight is 247 g/mol. The predicted molar refractivity (Wildman–Crippen MR) is 69.9 cm³/mol. The Labute approximate surface area is 106 Å². The van der Waals surface area contributed by atoms with Gasteiger partial charge in [0.15, 0.2) is 0 Å². The number of hydrogen-bond acceptors (Lipinski definition) is 4. The SMILES string of the molecule is Cc1ccn(-c2ccccc2NCC(O)CO)n1. The van der Waals surface area contributed by atoms with E-state index in [-0.39, 0.29) is 6.61 Å². The van der Waals surface area contributed by atoms with E-state index < -0.39 is 6.10 Å². The van der Waals surface area contributed by atoms with Crippen molar-refractivity contribution in [1.82, 2.24) is 9.78 Å². The van der Waals surface area contributed by atoms with Gasteiger partial charge in [0, 0.05) is 12.7 Å². The number of rotatable bonds is 5. The van der Waals surface area contributed by atoms with Crippen molar-refractivity contribution in [1.29, 1.82) is 0 Å². The molecule has 0 saturated heterocycles. The Hall–Kier alpha value is -1.85. The minimum Gasteiger partial charge on any atom is -0.394 e. The number of para-hydroxylation sites is 2. The van der Waals surface area contributed by atoms with Crippen LogP contribution in [0.4, 0.5) is 5.69 Å². The van der Waals surface area contributed by atoms with E-state index in [1.54, 1.807) is 4.68 Å². The number of aryl methyl sites for hydroxylation is 1. The zero-order chi connectivity index (χ0) is 13.0. The van der Waals surface area contributed by atoms with E-state index in [0.29, 0.717) is 6.54 Å². The number of aromatic nitrogens is 2. The Morgan fingerprint density at radius 2 is 2.11 bits per heavy atom. The third-order valence-electron chi connectivity index (χ3n) is 2.61. The zero-order valence-corrected chi connectivity index (χ0v) is 10.2. The molecule has 2 rings (SSSR count). The second-order valence-electron chi connectivity index (χ2n) is 4.14. The van der Waals surface area contributed by atoms with E-state index >= 15 is 0 Å². The quantitative estimate of drug-likeness (QED) is 0.735. The molecule has 96 valence electrons. The minimum atomic E-state index is -0.766. The van der Waals surface area contributed by atoms with E-state index in [0.717, 1.165) is 17.1 Å². The van der Waals surface area contributed by atoms with Crippen LogP contribution in [0.5, 0.6) is 0 Å². The fourth-order valence-corrected chi connectivity index (χ4v) is 1.66. The van der Waals surface area contributed by atoms with Crippen LogP contribution in [-0.4, -0.2) is 39.2 Å². The summed E-state index contributed by atoms with van der Waals surface area (Å²) in [7, 11) is 0. The molecular formula is C13H17N3O2. The fourth-order valence-electron chi connectivity index (χ4n) is 1.66. The van der Waals surface area contributed by atoms with Crippen LogP contribution < -0.4 is 5.32 Å². The van der Waals surface area contributed by atoms with Gasteiger partial charge >= 0.3 is 0 Å². The van der Waals surface area contributed by atoms with E-state index in [2.05, 4.69) is 10.4 Å². The van der Waals surface area contributed by atoms with Crippen molar-refractivity contribution >= 4 is 5.69 Å². The minimum absolute atomic E-state index is 0.254. The van der Waals surface area contributed by atoms with Crippen molar-refractivity contribution in [3.63, 3.8) is 0 Å². The molecule has 5 heteroatoms. The fraction of sp³-hybridized carbons (Fsp3) is 0.308. The summed E-state index contributed by atoms with van der Waals surface area (Å²) < 4.78 is 1.78. The average Bonchev–Trinajstić information content (AvgIpc) is 2.83. The maximum absolute atomic E-state index is 9.35. The maximum atomic E-state index is 9.35. The molecule has 1 unspecified atom stereocenters. The molecule has 0 aliphatic carbocycles. The first-order valence-corrected chi connectivity index (χ1v) is 5.85. The van der Waals surface area contributed by atoms with Crippen LogP contribution in [0.25, 0.3) is 5.69 Å². The molecule has 2 aromatic rings. The van der Waals surface area contributed by atoms with E-state index in [1.807, 2.05) is 43.5 Å². The third kappa shape index (κ3) is 2.88. The van der Waals surface area contributed by atoms with E-state index in [1.165, 1.54) is 0 Å². The van der Waals surface area contributed by atoms with Gasteiger partial charge in [-0.2, -0.15) is 5.10 Å². The molecule has 1 heterocycles. The van der Waals surface area contributed by atoms with Gasteiger partial charge in [-0.15, -0.1) is 0 Å². The number of aliphatic hydroxyl groups excluding tert-OH is 2. The summed E-state index contributed by atoms with van der Waals surface area (Å²) in [6, 6.07) is 9.63. The molecule has 18 heavy (non-hydrogen) atoms. The normalized spacial score (nSPS) is 12.4. The van der Waals surface area contributed by atoms with Crippen LogP contribution in [0.3, 0.4) is 0 Å².